The lowest BCUT2D eigenvalue weighted by Gasteiger charge is -2.14. The van der Waals surface area contributed by atoms with Crippen molar-refractivity contribution in [2.24, 2.45) is 0 Å². The molecule has 0 aromatic heterocycles. The van der Waals surface area contributed by atoms with Gasteiger partial charge < -0.3 is 15.2 Å². The van der Waals surface area contributed by atoms with E-state index < -0.39 is 5.97 Å². The molecule has 2 N–H and O–H groups in total. The second kappa shape index (κ2) is 35.7. The largest absolute Gasteiger partial charge is 0.480 e. The number of unbranched alkanes of at least 4 members (excludes halogenated alkanes) is 11. The summed E-state index contributed by atoms with van der Waals surface area (Å²) in [5, 5.41) is 11.0. The first-order valence-corrected chi connectivity index (χ1v) is 18.6. The topological polar surface area (TPSA) is 92.7 Å². The summed E-state index contributed by atoms with van der Waals surface area (Å²) >= 11 is 0. The van der Waals surface area contributed by atoms with Crippen LogP contribution < -0.4 is 5.32 Å². The Morgan fingerprint density at radius 2 is 1.11 bits per heavy atom. The molecule has 1 amide bonds. The van der Waals surface area contributed by atoms with Gasteiger partial charge in [-0.05, 0) is 89.5 Å². The maximum Gasteiger partial charge on any atom is 0.322 e. The monoisotopic (exact) mass is 654 g/mol. The van der Waals surface area contributed by atoms with Gasteiger partial charge in [0, 0.05) is 12.8 Å². The van der Waals surface area contributed by atoms with Crippen LogP contribution in [0.15, 0.2) is 72.9 Å². The lowest BCUT2D eigenvalue weighted by Crippen LogP contribution is -2.28. The Morgan fingerprint density at radius 1 is 0.596 bits per heavy atom. The summed E-state index contributed by atoms with van der Waals surface area (Å²) in [4.78, 5) is 34.8. The van der Waals surface area contributed by atoms with Gasteiger partial charge in [0.05, 0.1) is 0 Å². The van der Waals surface area contributed by atoms with Crippen LogP contribution in [0.1, 0.15) is 155 Å². The number of carbonyl (C=O) groups excluding carboxylic acids is 2. The third-order valence-electron chi connectivity index (χ3n) is 7.60. The molecule has 0 saturated carbocycles. The number of hydrogen-bond donors (Lipinski definition) is 2. The molecule has 0 bridgehead atoms. The van der Waals surface area contributed by atoms with E-state index in [9.17, 15) is 14.4 Å². The van der Waals surface area contributed by atoms with Gasteiger partial charge in [0.2, 0.25) is 5.91 Å². The predicted molar refractivity (Wildman–Crippen MR) is 198 cm³/mol. The average Bonchev–Trinajstić information content (AvgIpc) is 3.05. The molecule has 0 fully saturated rings. The minimum atomic E-state index is -1.02. The minimum Gasteiger partial charge on any atom is -0.480 e. The molecule has 1 atom stereocenters. The summed E-state index contributed by atoms with van der Waals surface area (Å²) in [5.41, 5.74) is 0. The number of ether oxygens (including phenoxy) is 1. The van der Waals surface area contributed by atoms with Crippen LogP contribution in [0.3, 0.4) is 0 Å². The molecule has 1 unspecified atom stereocenters. The molecule has 6 nitrogen and oxygen atoms in total. The zero-order valence-corrected chi connectivity index (χ0v) is 29.8. The lowest BCUT2D eigenvalue weighted by molar-refractivity contribution is -0.147. The highest BCUT2D eigenvalue weighted by Gasteiger charge is 2.11. The van der Waals surface area contributed by atoms with Crippen LogP contribution in [0.5, 0.6) is 0 Å². The molecule has 47 heavy (non-hydrogen) atoms. The molecular formula is C41H67NO5. The van der Waals surface area contributed by atoms with Gasteiger partial charge in [-0.1, -0.05) is 126 Å². The maximum atomic E-state index is 12.6. The lowest BCUT2D eigenvalue weighted by atomic mass is 10.1. The number of carboxylic acid groups (broad SMARTS) is 1. The standard InChI is InChI=1S/C41H67NO5/c1-3-5-7-9-11-13-14-15-16-17-18-20-22-28-32-36-41(46)47-38(33-29-25-21-19-12-10-8-6-4-2)34-30-26-23-24-27-31-35-39(43)42-37-40(44)45/h5,7,11,13,15-16,18-21,29,33,38H,3-4,6,8-10,12,14,17,22-28,30-32,34-37H2,1-2H3,(H,42,43)(H,44,45)/b7-5-,13-11-,16-15-,20-18-,21-19-,33-29-. The van der Waals surface area contributed by atoms with Gasteiger partial charge in [-0.3, -0.25) is 14.4 Å². The summed E-state index contributed by atoms with van der Waals surface area (Å²) in [6.07, 6.45) is 47.5. The summed E-state index contributed by atoms with van der Waals surface area (Å²) in [6.45, 7) is 4.06. The van der Waals surface area contributed by atoms with Crippen LogP contribution >= 0.6 is 0 Å². The van der Waals surface area contributed by atoms with Crippen LogP contribution in [0.2, 0.25) is 0 Å². The number of esters is 1. The first-order valence-electron chi connectivity index (χ1n) is 18.6. The SMILES string of the molecule is CC/C=C\C/C=C\C/C=C\C/C=C\CCCCC(=O)OC(/C=C\C/C=C\CCCCCC)CCCCCCCCC(=O)NCC(=O)O. The Balaban J connectivity index is 4.34. The summed E-state index contributed by atoms with van der Waals surface area (Å²) < 4.78 is 5.88. The molecule has 0 aliphatic rings. The quantitative estimate of drug-likeness (QED) is 0.0428. The Labute approximate surface area is 287 Å². The second-order valence-corrected chi connectivity index (χ2v) is 12.1. The summed E-state index contributed by atoms with van der Waals surface area (Å²) in [7, 11) is 0. The third kappa shape index (κ3) is 35.5. The molecular weight excluding hydrogens is 586 g/mol. The van der Waals surface area contributed by atoms with Crippen molar-refractivity contribution in [1.29, 1.82) is 0 Å². The Hall–Kier alpha value is -3.15. The van der Waals surface area contributed by atoms with Gasteiger partial charge in [-0.25, -0.2) is 0 Å². The zero-order chi connectivity index (χ0) is 34.5. The number of amides is 1. The van der Waals surface area contributed by atoms with E-state index in [-0.39, 0.29) is 24.5 Å². The molecule has 0 aromatic rings. The smallest absolute Gasteiger partial charge is 0.322 e. The minimum absolute atomic E-state index is 0.113. The van der Waals surface area contributed by atoms with E-state index in [1.807, 2.05) is 0 Å². The van der Waals surface area contributed by atoms with Crippen LogP contribution in [0.4, 0.5) is 0 Å². The van der Waals surface area contributed by atoms with Gasteiger partial charge in [0.25, 0.3) is 0 Å². The van der Waals surface area contributed by atoms with Gasteiger partial charge in [-0.2, -0.15) is 0 Å². The van der Waals surface area contributed by atoms with Crippen molar-refractivity contribution in [2.75, 3.05) is 6.54 Å². The number of aliphatic carboxylic acids is 1. The van der Waals surface area contributed by atoms with E-state index in [1.54, 1.807) is 0 Å². The molecule has 0 spiro atoms. The van der Waals surface area contributed by atoms with Crippen molar-refractivity contribution < 1.29 is 24.2 Å². The molecule has 0 aliphatic heterocycles. The van der Waals surface area contributed by atoms with E-state index in [4.69, 9.17) is 9.84 Å². The highest BCUT2D eigenvalue weighted by Crippen LogP contribution is 2.14. The highest BCUT2D eigenvalue weighted by atomic mass is 16.5. The fourth-order valence-electron chi connectivity index (χ4n) is 4.86. The maximum absolute atomic E-state index is 12.6. The number of nitrogens with one attached hydrogen (secondary N) is 1. The van der Waals surface area contributed by atoms with Crippen molar-refractivity contribution in [3.05, 3.63) is 72.9 Å². The Morgan fingerprint density at radius 3 is 1.72 bits per heavy atom. The fraction of sp³-hybridized carbons (Fsp3) is 0.634. The number of carbonyl (C=O) groups is 3. The van der Waals surface area contributed by atoms with Crippen molar-refractivity contribution in [1.82, 2.24) is 5.32 Å². The summed E-state index contributed by atoms with van der Waals surface area (Å²) in [5.74, 6) is -1.34. The van der Waals surface area contributed by atoms with E-state index in [0.717, 1.165) is 103 Å². The van der Waals surface area contributed by atoms with Gasteiger partial charge in [0.1, 0.15) is 12.6 Å². The normalized spacial score (nSPS) is 12.9. The molecule has 0 aliphatic carbocycles. The molecule has 266 valence electrons. The zero-order valence-electron chi connectivity index (χ0n) is 29.8. The Kier molecular flexibility index (Phi) is 33.3. The molecule has 0 rings (SSSR count). The number of hydrogen-bond acceptors (Lipinski definition) is 4. The van der Waals surface area contributed by atoms with E-state index in [2.05, 4.69) is 92.1 Å². The van der Waals surface area contributed by atoms with Crippen molar-refractivity contribution in [3.63, 3.8) is 0 Å². The van der Waals surface area contributed by atoms with Crippen LogP contribution in [0, 0.1) is 0 Å². The Bertz CT molecular complexity index is 943. The first-order chi connectivity index (χ1) is 23.0. The van der Waals surface area contributed by atoms with E-state index >= 15 is 0 Å². The third-order valence-corrected chi connectivity index (χ3v) is 7.60. The van der Waals surface area contributed by atoms with Gasteiger partial charge in [-0.15, -0.1) is 0 Å². The number of rotatable bonds is 32. The molecule has 0 aromatic carbocycles. The van der Waals surface area contributed by atoms with Gasteiger partial charge in [0.15, 0.2) is 0 Å². The van der Waals surface area contributed by atoms with Gasteiger partial charge >= 0.3 is 11.9 Å². The van der Waals surface area contributed by atoms with Crippen LogP contribution in [-0.2, 0) is 19.1 Å². The predicted octanol–water partition coefficient (Wildman–Crippen LogP) is 11.1. The highest BCUT2D eigenvalue weighted by molar-refractivity contribution is 5.80. The average molecular weight is 654 g/mol. The number of carboxylic acids is 1. The fourth-order valence-corrected chi connectivity index (χ4v) is 4.86. The molecule has 0 saturated heterocycles. The number of allylic oxidation sites excluding steroid dienone is 11. The van der Waals surface area contributed by atoms with E-state index in [0.29, 0.717) is 12.8 Å². The molecule has 0 radical (unpaired) electrons. The second-order valence-electron chi connectivity index (χ2n) is 12.1. The van der Waals surface area contributed by atoms with E-state index in [1.165, 1.54) is 25.7 Å². The molecule has 0 heterocycles. The first kappa shape index (κ1) is 43.9. The van der Waals surface area contributed by atoms with Crippen LogP contribution in [-0.4, -0.2) is 35.6 Å². The van der Waals surface area contributed by atoms with Crippen molar-refractivity contribution >= 4 is 17.8 Å². The van der Waals surface area contributed by atoms with Crippen molar-refractivity contribution in [2.45, 2.75) is 161 Å². The molecule has 6 heteroatoms. The van der Waals surface area contributed by atoms with Crippen LogP contribution in [0.25, 0.3) is 0 Å². The van der Waals surface area contributed by atoms with Crippen molar-refractivity contribution in [3.8, 4) is 0 Å². The summed E-state index contributed by atoms with van der Waals surface area (Å²) in [6, 6.07) is 0.